The van der Waals surface area contributed by atoms with E-state index < -0.39 is 10.0 Å². The number of benzene rings is 2. The van der Waals surface area contributed by atoms with Gasteiger partial charge >= 0.3 is 0 Å². The Bertz CT molecular complexity index is 1380. The number of nitrogens with zero attached hydrogens (tertiary/aromatic N) is 5. The van der Waals surface area contributed by atoms with E-state index in [-0.39, 0.29) is 22.8 Å². The smallest absolute Gasteiger partial charge is 0.271 e. The largest absolute Gasteiger partial charge is 0.353 e. The Morgan fingerprint density at radius 1 is 0.879 bits per heavy atom. The molecule has 9 nitrogen and oxygen atoms in total. The first-order valence-corrected chi connectivity index (χ1v) is 12.1. The molecule has 0 aliphatic carbocycles. The molecule has 2 aliphatic heterocycles. The van der Waals surface area contributed by atoms with E-state index in [9.17, 15) is 18.0 Å². The normalized spacial score (nSPS) is 16.8. The SMILES string of the molecule is CN1C(=O)Cc2cc(S(=O)(=O)N3CCN(c4ccc(=O)n(-c5ccccc5)n4)CC3)ccc21. The second-order valence-electron chi connectivity index (χ2n) is 8.09. The van der Waals surface area contributed by atoms with Crippen LogP contribution in [0.3, 0.4) is 0 Å². The molecular formula is C23H23N5O4S. The molecule has 1 amide bonds. The van der Waals surface area contributed by atoms with E-state index in [1.165, 1.54) is 15.1 Å². The van der Waals surface area contributed by atoms with Gasteiger partial charge in [0.2, 0.25) is 15.9 Å². The molecule has 0 radical (unpaired) electrons. The van der Waals surface area contributed by atoms with Crippen molar-refractivity contribution < 1.29 is 13.2 Å². The maximum Gasteiger partial charge on any atom is 0.271 e. The fourth-order valence-corrected chi connectivity index (χ4v) is 5.71. The average molecular weight is 466 g/mol. The summed E-state index contributed by atoms with van der Waals surface area (Å²) in [5.41, 5.74) is 1.93. The fraction of sp³-hybridized carbons (Fsp3) is 0.261. The van der Waals surface area contributed by atoms with Crippen LogP contribution < -0.4 is 15.4 Å². The zero-order chi connectivity index (χ0) is 23.2. The fourth-order valence-electron chi connectivity index (χ4n) is 4.24. The Kier molecular flexibility index (Phi) is 5.26. The highest BCUT2D eigenvalue weighted by Crippen LogP contribution is 2.31. The number of para-hydroxylation sites is 1. The summed E-state index contributed by atoms with van der Waals surface area (Å²) in [5.74, 6) is 0.576. The summed E-state index contributed by atoms with van der Waals surface area (Å²) in [7, 11) is -1.99. The molecular weight excluding hydrogens is 442 g/mol. The van der Waals surface area contributed by atoms with Crippen LogP contribution in [0.2, 0.25) is 0 Å². The Morgan fingerprint density at radius 3 is 2.33 bits per heavy atom. The molecule has 0 atom stereocenters. The third-order valence-corrected chi connectivity index (χ3v) is 8.01. The van der Waals surface area contributed by atoms with Crippen molar-refractivity contribution in [1.29, 1.82) is 0 Å². The first-order valence-electron chi connectivity index (χ1n) is 10.6. The molecule has 5 rings (SSSR count). The second-order valence-corrected chi connectivity index (χ2v) is 10.0. The summed E-state index contributed by atoms with van der Waals surface area (Å²) in [4.78, 5) is 27.9. The van der Waals surface area contributed by atoms with E-state index in [1.54, 1.807) is 36.2 Å². The molecule has 3 heterocycles. The lowest BCUT2D eigenvalue weighted by Crippen LogP contribution is -2.49. The minimum Gasteiger partial charge on any atom is -0.353 e. The van der Waals surface area contributed by atoms with Gasteiger partial charge in [0.1, 0.15) is 5.82 Å². The number of carbonyl (C=O) groups excluding carboxylic acids is 1. The predicted molar refractivity (Wildman–Crippen MR) is 124 cm³/mol. The van der Waals surface area contributed by atoms with Gasteiger partial charge in [-0.25, -0.2) is 8.42 Å². The minimum atomic E-state index is -3.68. The first kappa shape index (κ1) is 21.4. The molecule has 2 aliphatic rings. The maximum absolute atomic E-state index is 13.2. The zero-order valence-electron chi connectivity index (χ0n) is 18.1. The number of piperazine rings is 1. The van der Waals surface area contributed by atoms with Crippen molar-refractivity contribution in [2.45, 2.75) is 11.3 Å². The summed E-state index contributed by atoms with van der Waals surface area (Å²) in [5, 5.41) is 4.49. The van der Waals surface area contributed by atoms with Crippen LogP contribution in [0.25, 0.3) is 5.69 Å². The molecule has 33 heavy (non-hydrogen) atoms. The van der Waals surface area contributed by atoms with E-state index in [0.717, 1.165) is 11.3 Å². The van der Waals surface area contributed by atoms with Gasteiger partial charge in [-0.05, 0) is 42.0 Å². The number of sulfonamides is 1. The second kappa shape index (κ2) is 8.13. The number of aromatic nitrogens is 2. The molecule has 3 aromatic rings. The highest BCUT2D eigenvalue weighted by Gasteiger charge is 2.31. The molecule has 0 bridgehead atoms. The van der Waals surface area contributed by atoms with E-state index in [2.05, 4.69) is 5.10 Å². The Balaban J connectivity index is 1.33. The van der Waals surface area contributed by atoms with Crippen molar-refractivity contribution in [3.63, 3.8) is 0 Å². The highest BCUT2D eigenvalue weighted by molar-refractivity contribution is 7.89. The van der Waals surface area contributed by atoms with Crippen LogP contribution in [-0.4, -0.2) is 61.6 Å². The van der Waals surface area contributed by atoms with Gasteiger partial charge in [-0.2, -0.15) is 8.99 Å². The molecule has 1 saturated heterocycles. The van der Waals surface area contributed by atoms with Crippen molar-refractivity contribution >= 4 is 27.4 Å². The lowest BCUT2D eigenvalue weighted by Gasteiger charge is -2.34. The molecule has 170 valence electrons. The third-order valence-electron chi connectivity index (χ3n) is 6.12. The first-order chi connectivity index (χ1) is 15.8. The quantitative estimate of drug-likeness (QED) is 0.576. The Hall–Kier alpha value is -3.50. The molecule has 0 unspecified atom stereocenters. The van der Waals surface area contributed by atoms with Gasteiger partial charge in [-0.1, -0.05) is 18.2 Å². The van der Waals surface area contributed by atoms with Gasteiger partial charge in [0.15, 0.2) is 0 Å². The number of anilines is 2. The number of hydrogen-bond donors (Lipinski definition) is 0. The number of amides is 1. The lowest BCUT2D eigenvalue weighted by atomic mass is 10.2. The van der Waals surface area contributed by atoms with Crippen LogP contribution in [0.1, 0.15) is 5.56 Å². The van der Waals surface area contributed by atoms with Crippen molar-refractivity contribution in [2.24, 2.45) is 0 Å². The number of carbonyl (C=O) groups is 1. The molecule has 10 heteroatoms. The number of fused-ring (bicyclic) bond motifs is 1. The summed E-state index contributed by atoms with van der Waals surface area (Å²) in [6.07, 6.45) is 0.214. The highest BCUT2D eigenvalue weighted by atomic mass is 32.2. The third kappa shape index (κ3) is 3.81. The van der Waals surface area contributed by atoms with Gasteiger partial charge in [-0.3, -0.25) is 9.59 Å². The standard InChI is InChI=1S/C23H23N5O4S/c1-25-20-8-7-19(15-17(20)16-23(25)30)33(31,32)27-13-11-26(12-14-27)21-9-10-22(29)28(24-21)18-5-3-2-4-6-18/h2-10,15H,11-14,16H2,1H3. The zero-order valence-corrected chi connectivity index (χ0v) is 18.9. The van der Waals surface area contributed by atoms with Crippen LogP contribution in [0.4, 0.5) is 11.5 Å². The molecule has 1 aromatic heterocycles. The summed E-state index contributed by atoms with van der Waals surface area (Å²) >= 11 is 0. The van der Waals surface area contributed by atoms with Gasteiger partial charge < -0.3 is 9.80 Å². The van der Waals surface area contributed by atoms with Crippen LogP contribution >= 0.6 is 0 Å². The van der Waals surface area contributed by atoms with E-state index in [0.29, 0.717) is 37.7 Å². The van der Waals surface area contributed by atoms with Crippen LogP contribution in [-0.2, 0) is 21.2 Å². The van der Waals surface area contributed by atoms with Crippen LogP contribution in [0.15, 0.2) is 70.4 Å². The summed E-state index contributed by atoms with van der Waals surface area (Å²) < 4.78 is 29.3. The van der Waals surface area contributed by atoms with Crippen molar-refractivity contribution in [2.75, 3.05) is 43.0 Å². The Labute approximate surface area is 191 Å². The predicted octanol–water partition coefficient (Wildman–Crippen LogP) is 1.26. The van der Waals surface area contributed by atoms with Gasteiger partial charge in [-0.15, -0.1) is 5.10 Å². The van der Waals surface area contributed by atoms with Gasteiger partial charge in [0.05, 0.1) is 17.0 Å². The number of hydrogen-bond acceptors (Lipinski definition) is 6. The van der Waals surface area contributed by atoms with Crippen LogP contribution in [0, 0.1) is 0 Å². The average Bonchev–Trinajstić information content (AvgIpc) is 3.13. The maximum atomic E-state index is 13.2. The molecule has 0 saturated carbocycles. The monoisotopic (exact) mass is 465 g/mol. The van der Waals surface area contributed by atoms with Crippen molar-refractivity contribution in [3.05, 3.63) is 76.6 Å². The molecule has 0 N–H and O–H groups in total. The molecule has 1 fully saturated rings. The van der Waals surface area contributed by atoms with E-state index in [4.69, 9.17) is 0 Å². The minimum absolute atomic E-state index is 0.0440. The van der Waals surface area contributed by atoms with Crippen molar-refractivity contribution in [3.8, 4) is 5.69 Å². The van der Waals surface area contributed by atoms with Gasteiger partial charge in [0, 0.05) is 45.0 Å². The van der Waals surface area contributed by atoms with Crippen molar-refractivity contribution in [1.82, 2.24) is 14.1 Å². The summed E-state index contributed by atoms with van der Waals surface area (Å²) in [6.45, 7) is 1.49. The number of likely N-dealkylation sites (N-methyl/N-ethyl adjacent to an activating group) is 1. The van der Waals surface area contributed by atoms with E-state index in [1.807, 2.05) is 35.2 Å². The molecule has 2 aromatic carbocycles. The number of rotatable bonds is 4. The lowest BCUT2D eigenvalue weighted by molar-refractivity contribution is -0.117. The Morgan fingerprint density at radius 2 is 1.61 bits per heavy atom. The van der Waals surface area contributed by atoms with Crippen LogP contribution in [0.5, 0.6) is 0 Å². The topological polar surface area (TPSA) is 95.8 Å². The van der Waals surface area contributed by atoms with Gasteiger partial charge in [0.25, 0.3) is 5.56 Å². The summed E-state index contributed by atoms with van der Waals surface area (Å²) in [6, 6.07) is 17.2. The van der Waals surface area contributed by atoms with E-state index >= 15 is 0 Å². The molecule has 0 spiro atoms.